The summed E-state index contributed by atoms with van der Waals surface area (Å²) in [5.41, 5.74) is 1.91. The summed E-state index contributed by atoms with van der Waals surface area (Å²) in [4.78, 5) is 33.6. The third-order valence-electron chi connectivity index (χ3n) is 6.16. The van der Waals surface area contributed by atoms with Crippen molar-refractivity contribution in [2.75, 3.05) is 23.3 Å². The highest BCUT2D eigenvalue weighted by Crippen LogP contribution is 2.45. The maximum atomic E-state index is 13.3. The van der Waals surface area contributed by atoms with Crippen LogP contribution in [0.15, 0.2) is 66.9 Å². The number of para-hydroxylation sites is 1. The number of piperidine rings is 1. The van der Waals surface area contributed by atoms with Crippen molar-refractivity contribution in [3.63, 3.8) is 0 Å². The van der Waals surface area contributed by atoms with Crippen molar-refractivity contribution in [3.8, 4) is 11.5 Å². The minimum absolute atomic E-state index is 0.0773. The fourth-order valence-corrected chi connectivity index (χ4v) is 5.54. The first kappa shape index (κ1) is 21.6. The number of urea groups is 1. The third kappa shape index (κ3) is 4.09. The number of thiophene rings is 1. The molecular weight excluding hydrogens is 462 g/mol. The highest BCUT2D eigenvalue weighted by atomic mass is 32.1. The molecule has 1 fully saturated rings. The Labute approximate surface area is 205 Å². The molecule has 3 amide bonds. The van der Waals surface area contributed by atoms with Crippen LogP contribution in [0, 0.1) is 0 Å². The predicted molar refractivity (Wildman–Crippen MR) is 137 cm³/mol. The van der Waals surface area contributed by atoms with Gasteiger partial charge in [-0.2, -0.15) is 0 Å². The first-order valence-electron chi connectivity index (χ1n) is 11.5. The number of anilines is 3. The number of ether oxygens (including phenoxy) is 1. The molecule has 0 aliphatic carbocycles. The van der Waals surface area contributed by atoms with Crippen molar-refractivity contribution in [1.82, 2.24) is 15.6 Å². The normalized spacial score (nSPS) is 17.2. The number of carbonyl (C=O) groups is 2. The average Bonchev–Trinajstić information content (AvgIpc) is 3.26. The lowest BCUT2D eigenvalue weighted by Crippen LogP contribution is -2.45. The van der Waals surface area contributed by atoms with Gasteiger partial charge in [-0.1, -0.05) is 18.2 Å². The lowest BCUT2D eigenvalue weighted by atomic mass is 10.1. The summed E-state index contributed by atoms with van der Waals surface area (Å²) < 4.78 is 5.88. The molecule has 2 aliphatic rings. The Bertz CT molecular complexity index is 1400. The van der Waals surface area contributed by atoms with Crippen molar-refractivity contribution in [2.24, 2.45) is 0 Å². The van der Waals surface area contributed by atoms with Crippen molar-refractivity contribution in [3.05, 3.63) is 71.7 Å². The molecule has 0 unspecified atom stereocenters. The highest BCUT2D eigenvalue weighted by Gasteiger charge is 2.33. The maximum absolute atomic E-state index is 13.3. The predicted octanol–water partition coefficient (Wildman–Crippen LogP) is 5.25. The molecule has 35 heavy (non-hydrogen) atoms. The third-order valence-corrected chi connectivity index (χ3v) is 7.25. The quantitative estimate of drug-likeness (QED) is 0.359. The van der Waals surface area contributed by atoms with E-state index in [1.807, 2.05) is 54.6 Å². The van der Waals surface area contributed by atoms with E-state index in [1.165, 1.54) is 11.3 Å². The van der Waals surface area contributed by atoms with Crippen LogP contribution >= 0.6 is 11.3 Å². The summed E-state index contributed by atoms with van der Waals surface area (Å²) in [6, 6.07) is 18.4. The summed E-state index contributed by atoms with van der Waals surface area (Å²) in [6.07, 6.45) is 3.63. The van der Waals surface area contributed by atoms with Gasteiger partial charge in [0.1, 0.15) is 21.2 Å². The number of rotatable bonds is 5. The standard InChI is InChI=1S/C26H23N5O3S/c32-24(29-16-5-4-13-27-15-16)23-22-21-20(12-14-28-25(21)35-23)31(26(33)30-22)17-8-10-19(11-9-17)34-18-6-2-1-3-7-18/h1-3,6-12,14,16,27H,4-5,13,15H2,(H,29,32)(H,30,33)/t16-/m1/s1. The Morgan fingerprint density at radius 1 is 1.09 bits per heavy atom. The van der Waals surface area contributed by atoms with Gasteiger partial charge in [-0.3, -0.25) is 9.69 Å². The fraction of sp³-hybridized carbons (Fsp3) is 0.192. The van der Waals surface area contributed by atoms with Crippen LogP contribution in [-0.2, 0) is 0 Å². The second-order valence-corrected chi connectivity index (χ2v) is 9.51. The van der Waals surface area contributed by atoms with Crippen molar-refractivity contribution < 1.29 is 14.3 Å². The zero-order valence-corrected chi connectivity index (χ0v) is 19.6. The molecule has 176 valence electrons. The molecule has 2 aliphatic heterocycles. The van der Waals surface area contributed by atoms with Gasteiger partial charge in [0.25, 0.3) is 5.91 Å². The van der Waals surface area contributed by atoms with E-state index in [-0.39, 0.29) is 18.0 Å². The van der Waals surface area contributed by atoms with Gasteiger partial charge in [0, 0.05) is 18.8 Å². The number of hydrogen-bond donors (Lipinski definition) is 3. The van der Waals surface area contributed by atoms with Crippen LogP contribution in [0.3, 0.4) is 0 Å². The van der Waals surface area contributed by atoms with Gasteiger partial charge in [-0.25, -0.2) is 9.78 Å². The first-order chi connectivity index (χ1) is 17.2. The largest absolute Gasteiger partial charge is 0.457 e. The molecule has 4 aromatic rings. The second kappa shape index (κ2) is 9.01. The minimum atomic E-state index is -0.325. The molecule has 0 saturated carbocycles. The molecule has 1 atom stereocenters. The molecule has 8 nitrogen and oxygen atoms in total. The van der Waals surface area contributed by atoms with E-state index in [9.17, 15) is 9.59 Å². The van der Waals surface area contributed by atoms with E-state index in [0.29, 0.717) is 32.5 Å². The number of benzene rings is 2. The SMILES string of the molecule is O=C(N[C@@H]1CCCNC1)c1sc2nccc3c2c1NC(=O)N3c1ccc(Oc2ccccc2)cc1. The number of nitrogens with one attached hydrogen (secondary N) is 3. The molecule has 0 bridgehead atoms. The summed E-state index contributed by atoms with van der Waals surface area (Å²) in [7, 11) is 0. The zero-order chi connectivity index (χ0) is 23.8. The van der Waals surface area contributed by atoms with Gasteiger partial charge in [-0.05, 0) is 61.9 Å². The molecule has 1 saturated heterocycles. The molecule has 2 aromatic carbocycles. The Morgan fingerprint density at radius 3 is 2.66 bits per heavy atom. The van der Waals surface area contributed by atoms with Crippen LogP contribution in [0.5, 0.6) is 11.5 Å². The summed E-state index contributed by atoms with van der Waals surface area (Å²) >= 11 is 1.30. The van der Waals surface area contributed by atoms with Gasteiger partial charge < -0.3 is 20.7 Å². The van der Waals surface area contributed by atoms with Gasteiger partial charge >= 0.3 is 6.03 Å². The van der Waals surface area contributed by atoms with Crippen LogP contribution in [0.2, 0.25) is 0 Å². The van der Waals surface area contributed by atoms with E-state index in [2.05, 4.69) is 20.9 Å². The van der Waals surface area contributed by atoms with Crippen LogP contribution in [0.4, 0.5) is 21.9 Å². The summed E-state index contributed by atoms with van der Waals surface area (Å²) in [5.74, 6) is 1.23. The lowest BCUT2D eigenvalue weighted by Gasteiger charge is -2.28. The zero-order valence-electron chi connectivity index (χ0n) is 18.8. The van der Waals surface area contributed by atoms with E-state index >= 15 is 0 Å². The number of pyridine rings is 1. The van der Waals surface area contributed by atoms with Gasteiger partial charge in [0.05, 0.1) is 22.4 Å². The van der Waals surface area contributed by atoms with E-state index in [4.69, 9.17) is 4.74 Å². The van der Waals surface area contributed by atoms with E-state index in [1.54, 1.807) is 17.2 Å². The highest BCUT2D eigenvalue weighted by molar-refractivity contribution is 7.21. The topological polar surface area (TPSA) is 95.6 Å². The van der Waals surface area contributed by atoms with Gasteiger partial charge in [0.15, 0.2) is 0 Å². The molecule has 9 heteroatoms. The molecule has 4 heterocycles. The molecule has 2 aromatic heterocycles. The molecular formula is C26H23N5O3S. The molecule has 6 rings (SSSR count). The fourth-order valence-electron chi connectivity index (χ4n) is 4.51. The van der Waals surface area contributed by atoms with Crippen molar-refractivity contribution >= 4 is 50.6 Å². The average molecular weight is 486 g/mol. The summed E-state index contributed by atoms with van der Waals surface area (Å²) in [5, 5.41) is 10.1. The monoisotopic (exact) mass is 485 g/mol. The van der Waals surface area contributed by atoms with Crippen molar-refractivity contribution in [1.29, 1.82) is 0 Å². The smallest absolute Gasteiger partial charge is 0.331 e. The van der Waals surface area contributed by atoms with Crippen LogP contribution in [0.25, 0.3) is 10.2 Å². The molecule has 0 spiro atoms. The Morgan fingerprint density at radius 2 is 1.89 bits per heavy atom. The van der Waals surface area contributed by atoms with Crippen LogP contribution in [0.1, 0.15) is 22.5 Å². The second-order valence-electron chi connectivity index (χ2n) is 8.51. The van der Waals surface area contributed by atoms with E-state index in [0.717, 1.165) is 37.1 Å². The number of carbonyl (C=O) groups excluding carboxylic acids is 2. The van der Waals surface area contributed by atoms with Crippen LogP contribution in [-0.4, -0.2) is 36.1 Å². The Balaban J connectivity index is 1.31. The van der Waals surface area contributed by atoms with E-state index < -0.39 is 0 Å². The molecule has 0 radical (unpaired) electrons. The number of amides is 3. The van der Waals surface area contributed by atoms with Gasteiger partial charge in [-0.15, -0.1) is 11.3 Å². The Kier molecular flexibility index (Phi) is 5.55. The Hall–Kier alpha value is -3.95. The summed E-state index contributed by atoms with van der Waals surface area (Å²) in [6.45, 7) is 1.72. The minimum Gasteiger partial charge on any atom is -0.457 e. The number of nitrogens with zero attached hydrogens (tertiary/aromatic N) is 2. The number of hydrogen-bond acceptors (Lipinski definition) is 6. The number of aromatic nitrogens is 1. The van der Waals surface area contributed by atoms with Crippen molar-refractivity contribution in [2.45, 2.75) is 18.9 Å². The lowest BCUT2D eigenvalue weighted by molar-refractivity contribution is 0.0935. The molecule has 3 N–H and O–H groups in total. The van der Waals surface area contributed by atoms with Crippen LogP contribution < -0.4 is 25.6 Å². The van der Waals surface area contributed by atoms with Gasteiger partial charge in [0.2, 0.25) is 0 Å². The maximum Gasteiger partial charge on any atom is 0.331 e. The first-order valence-corrected chi connectivity index (χ1v) is 12.4.